The third-order valence-corrected chi connectivity index (χ3v) is 3.74. The molecule has 2 aromatic rings. The molecule has 20 heavy (non-hydrogen) atoms. The van der Waals surface area contributed by atoms with Gasteiger partial charge in [-0.3, -0.25) is 4.79 Å². The molecule has 0 fully saturated rings. The number of ether oxygens (including phenoxy) is 1. The van der Waals surface area contributed by atoms with Gasteiger partial charge in [-0.1, -0.05) is 42.1 Å². The van der Waals surface area contributed by atoms with Crippen molar-refractivity contribution in [3.05, 3.63) is 59.9 Å². The SMILES string of the molecule is CC(=O)SCc1cc(OCc2ccccc2)cc[n+]1C. The molecule has 104 valence electrons. The molecule has 0 N–H and O–H groups in total. The standard InChI is InChI=1S/C16H18NO2S/c1-13(18)20-12-15-10-16(8-9-17(15)2)19-11-14-6-4-3-5-7-14/h3-10H,11-12H2,1-2H3/q+1. The highest BCUT2D eigenvalue weighted by atomic mass is 32.2. The third kappa shape index (κ3) is 4.38. The summed E-state index contributed by atoms with van der Waals surface area (Å²) in [6, 6.07) is 14.0. The van der Waals surface area contributed by atoms with Gasteiger partial charge in [0.15, 0.2) is 17.0 Å². The molecule has 1 aromatic heterocycles. The van der Waals surface area contributed by atoms with Gasteiger partial charge < -0.3 is 4.74 Å². The number of hydrogen-bond acceptors (Lipinski definition) is 3. The fraction of sp³-hybridized carbons (Fsp3) is 0.250. The first-order valence-corrected chi connectivity index (χ1v) is 7.42. The molecule has 0 amide bonds. The minimum Gasteiger partial charge on any atom is -0.488 e. The minimum absolute atomic E-state index is 0.126. The Labute approximate surface area is 123 Å². The lowest BCUT2D eigenvalue weighted by Crippen LogP contribution is -2.32. The van der Waals surface area contributed by atoms with Gasteiger partial charge in [-0.25, -0.2) is 4.57 Å². The molecule has 1 heterocycles. The van der Waals surface area contributed by atoms with Crippen LogP contribution in [0.1, 0.15) is 18.2 Å². The van der Waals surface area contributed by atoms with Crippen molar-refractivity contribution in [3.8, 4) is 5.75 Å². The van der Waals surface area contributed by atoms with Crippen LogP contribution in [0.4, 0.5) is 0 Å². The van der Waals surface area contributed by atoms with E-state index in [0.717, 1.165) is 17.0 Å². The quantitative estimate of drug-likeness (QED) is 0.793. The van der Waals surface area contributed by atoms with Crippen LogP contribution in [0.2, 0.25) is 0 Å². The minimum atomic E-state index is 0.126. The molecule has 0 saturated carbocycles. The van der Waals surface area contributed by atoms with Gasteiger partial charge in [0, 0.05) is 19.1 Å². The van der Waals surface area contributed by atoms with E-state index in [2.05, 4.69) is 0 Å². The second-order valence-corrected chi connectivity index (χ2v) is 5.67. The van der Waals surface area contributed by atoms with Crippen LogP contribution in [0, 0.1) is 0 Å². The molecule has 0 bridgehead atoms. The van der Waals surface area contributed by atoms with E-state index in [4.69, 9.17) is 4.74 Å². The Morgan fingerprint density at radius 1 is 1.25 bits per heavy atom. The number of aromatic nitrogens is 1. The molecule has 3 nitrogen and oxygen atoms in total. The van der Waals surface area contributed by atoms with E-state index in [0.29, 0.717) is 12.4 Å². The van der Waals surface area contributed by atoms with Crippen LogP contribution >= 0.6 is 11.8 Å². The lowest BCUT2D eigenvalue weighted by Gasteiger charge is -2.07. The molecule has 0 aliphatic heterocycles. The van der Waals surface area contributed by atoms with Crippen molar-refractivity contribution < 1.29 is 14.1 Å². The van der Waals surface area contributed by atoms with E-state index >= 15 is 0 Å². The Hall–Kier alpha value is -1.81. The Balaban J connectivity index is 2.01. The first-order valence-electron chi connectivity index (χ1n) is 6.44. The van der Waals surface area contributed by atoms with Crippen molar-refractivity contribution in [2.24, 2.45) is 7.05 Å². The van der Waals surface area contributed by atoms with Crippen LogP contribution in [0.15, 0.2) is 48.7 Å². The molecule has 0 radical (unpaired) electrons. The maximum absolute atomic E-state index is 11.0. The number of pyridine rings is 1. The van der Waals surface area contributed by atoms with Crippen molar-refractivity contribution >= 4 is 16.9 Å². The van der Waals surface area contributed by atoms with E-state index in [1.165, 1.54) is 11.8 Å². The summed E-state index contributed by atoms with van der Waals surface area (Å²) in [5.74, 6) is 1.49. The summed E-state index contributed by atoms with van der Waals surface area (Å²) in [7, 11) is 1.97. The number of hydrogen-bond donors (Lipinski definition) is 0. The molecule has 2 rings (SSSR count). The average Bonchev–Trinajstić information content (AvgIpc) is 2.46. The first-order chi connectivity index (χ1) is 9.65. The number of nitrogens with zero attached hydrogens (tertiary/aromatic N) is 1. The van der Waals surface area contributed by atoms with Crippen LogP contribution in [0.25, 0.3) is 0 Å². The van der Waals surface area contributed by atoms with Gasteiger partial charge in [-0.2, -0.15) is 0 Å². The maximum atomic E-state index is 11.0. The molecular formula is C16H18NO2S+. The molecular weight excluding hydrogens is 270 g/mol. The summed E-state index contributed by atoms with van der Waals surface area (Å²) < 4.78 is 7.79. The highest BCUT2D eigenvalue weighted by Gasteiger charge is 2.10. The fourth-order valence-electron chi connectivity index (χ4n) is 1.74. The fourth-order valence-corrected chi connectivity index (χ4v) is 2.38. The number of thioether (sulfide) groups is 1. The molecule has 4 heteroatoms. The van der Waals surface area contributed by atoms with Crippen LogP contribution in [0.5, 0.6) is 5.75 Å². The largest absolute Gasteiger partial charge is 0.488 e. The lowest BCUT2D eigenvalue weighted by molar-refractivity contribution is -0.678. The molecule has 0 atom stereocenters. The lowest BCUT2D eigenvalue weighted by atomic mass is 10.2. The normalized spacial score (nSPS) is 10.3. The van der Waals surface area contributed by atoms with Crippen molar-refractivity contribution in [1.82, 2.24) is 0 Å². The van der Waals surface area contributed by atoms with E-state index < -0.39 is 0 Å². The summed E-state index contributed by atoms with van der Waals surface area (Å²) in [6.07, 6.45) is 1.95. The summed E-state index contributed by atoms with van der Waals surface area (Å²) in [4.78, 5) is 11.0. The van der Waals surface area contributed by atoms with Gasteiger partial charge in [0.05, 0.1) is 5.75 Å². The number of benzene rings is 1. The zero-order valence-corrected chi connectivity index (χ0v) is 12.5. The Bertz CT molecular complexity index is 584. The van der Waals surface area contributed by atoms with Gasteiger partial charge >= 0.3 is 0 Å². The van der Waals surface area contributed by atoms with E-state index in [1.807, 2.05) is 60.3 Å². The number of rotatable bonds is 5. The molecule has 0 aliphatic rings. The monoisotopic (exact) mass is 288 g/mol. The number of aryl methyl sites for hydroxylation is 1. The van der Waals surface area contributed by atoms with Gasteiger partial charge in [-0.15, -0.1) is 0 Å². The van der Waals surface area contributed by atoms with E-state index in [9.17, 15) is 4.79 Å². The number of carbonyl (C=O) groups excluding carboxylic acids is 1. The predicted molar refractivity (Wildman–Crippen MR) is 80.4 cm³/mol. The van der Waals surface area contributed by atoms with E-state index in [1.54, 1.807) is 6.92 Å². The van der Waals surface area contributed by atoms with Gasteiger partial charge in [-0.05, 0) is 5.56 Å². The van der Waals surface area contributed by atoms with Gasteiger partial charge in [0.1, 0.15) is 19.4 Å². The van der Waals surface area contributed by atoms with Crippen molar-refractivity contribution in [2.75, 3.05) is 0 Å². The summed E-state index contributed by atoms with van der Waals surface area (Å²) in [5, 5.41) is 0.126. The zero-order valence-electron chi connectivity index (χ0n) is 11.7. The smallest absolute Gasteiger partial charge is 0.195 e. The topological polar surface area (TPSA) is 30.2 Å². The average molecular weight is 288 g/mol. The third-order valence-electron chi connectivity index (χ3n) is 2.90. The zero-order chi connectivity index (χ0) is 14.4. The highest BCUT2D eigenvalue weighted by Crippen LogP contribution is 2.16. The Morgan fingerprint density at radius 2 is 2.00 bits per heavy atom. The van der Waals surface area contributed by atoms with Crippen LogP contribution in [0.3, 0.4) is 0 Å². The molecule has 1 aromatic carbocycles. The van der Waals surface area contributed by atoms with Crippen LogP contribution in [-0.2, 0) is 24.2 Å². The highest BCUT2D eigenvalue weighted by molar-refractivity contribution is 8.12. The summed E-state index contributed by atoms with van der Waals surface area (Å²) in [6.45, 7) is 2.13. The molecule has 0 spiro atoms. The molecule has 0 saturated heterocycles. The first kappa shape index (κ1) is 14.6. The van der Waals surface area contributed by atoms with Crippen LogP contribution < -0.4 is 9.30 Å². The summed E-state index contributed by atoms with van der Waals surface area (Å²) in [5.41, 5.74) is 2.20. The van der Waals surface area contributed by atoms with Gasteiger partial charge in [0.2, 0.25) is 0 Å². The van der Waals surface area contributed by atoms with Crippen molar-refractivity contribution in [3.63, 3.8) is 0 Å². The summed E-state index contributed by atoms with van der Waals surface area (Å²) >= 11 is 1.31. The predicted octanol–water partition coefficient (Wildman–Crippen LogP) is 2.87. The van der Waals surface area contributed by atoms with E-state index in [-0.39, 0.29) is 5.12 Å². The second kappa shape index (κ2) is 7.10. The second-order valence-electron chi connectivity index (χ2n) is 4.52. The molecule has 0 aliphatic carbocycles. The van der Waals surface area contributed by atoms with Gasteiger partial charge in [0.25, 0.3) is 0 Å². The maximum Gasteiger partial charge on any atom is 0.195 e. The van der Waals surface area contributed by atoms with Crippen molar-refractivity contribution in [2.45, 2.75) is 19.3 Å². The Kier molecular flexibility index (Phi) is 5.18. The van der Waals surface area contributed by atoms with Crippen LogP contribution in [-0.4, -0.2) is 5.12 Å². The Morgan fingerprint density at radius 3 is 2.70 bits per heavy atom. The van der Waals surface area contributed by atoms with Crippen molar-refractivity contribution in [1.29, 1.82) is 0 Å². The number of carbonyl (C=O) groups is 1. The molecule has 0 unspecified atom stereocenters.